The van der Waals surface area contributed by atoms with E-state index in [1.165, 1.54) is 0 Å². The molecule has 0 fully saturated rings. The van der Waals surface area contributed by atoms with Crippen molar-refractivity contribution in [3.63, 3.8) is 0 Å². The molecule has 0 aliphatic carbocycles. The monoisotopic (exact) mass is 325 g/mol. The van der Waals surface area contributed by atoms with Gasteiger partial charge in [-0.2, -0.15) is 0 Å². The molecule has 1 amide bonds. The van der Waals surface area contributed by atoms with Gasteiger partial charge in [0, 0.05) is 5.69 Å². The van der Waals surface area contributed by atoms with Gasteiger partial charge in [0.05, 0.1) is 29.8 Å². The molecule has 0 spiro atoms. The van der Waals surface area contributed by atoms with E-state index in [0.29, 0.717) is 28.1 Å². The highest BCUT2D eigenvalue weighted by Gasteiger charge is 2.19. The predicted molar refractivity (Wildman–Crippen MR) is 90.2 cm³/mol. The summed E-state index contributed by atoms with van der Waals surface area (Å²) in [6.07, 6.45) is 0. The summed E-state index contributed by atoms with van der Waals surface area (Å²) in [5.74, 6) is 0.567. The fraction of sp³-hybridized carbons (Fsp3) is 0.278. The zero-order valence-corrected chi connectivity index (χ0v) is 14.1. The van der Waals surface area contributed by atoms with Crippen molar-refractivity contribution in [2.24, 2.45) is 0 Å². The molecular formula is C18H19N3O3. The largest absolute Gasteiger partial charge is 0.497 e. The summed E-state index contributed by atoms with van der Waals surface area (Å²) in [6, 6.07) is 9.20. The first kappa shape index (κ1) is 16.0. The standard InChI is InChI=1S/C18H19N3O3/c1-10-8-15(16-12(3)21-24-18(16)19-10)17(22)20-11(2)13-6-5-7-14(9-13)23-4/h5-9,11H,1-4H3,(H,20,22)/t11-/m1/s1. The second-order valence-corrected chi connectivity index (χ2v) is 5.73. The van der Waals surface area contributed by atoms with Gasteiger partial charge >= 0.3 is 0 Å². The molecule has 1 aromatic carbocycles. The fourth-order valence-corrected chi connectivity index (χ4v) is 2.67. The topological polar surface area (TPSA) is 77.2 Å². The lowest BCUT2D eigenvalue weighted by Crippen LogP contribution is -2.27. The number of ether oxygens (including phenoxy) is 1. The number of nitrogens with one attached hydrogen (secondary N) is 1. The molecule has 0 unspecified atom stereocenters. The SMILES string of the molecule is COc1cccc([C@@H](C)NC(=O)c2cc(C)nc3onc(C)c23)c1. The number of methoxy groups -OCH3 is 1. The van der Waals surface area contributed by atoms with Crippen LogP contribution in [0.3, 0.4) is 0 Å². The molecule has 0 saturated carbocycles. The number of carbonyl (C=O) groups is 1. The van der Waals surface area contributed by atoms with Gasteiger partial charge in [0.25, 0.3) is 11.6 Å². The average Bonchev–Trinajstić information content (AvgIpc) is 2.94. The van der Waals surface area contributed by atoms with Crippen LogP contribution in [0, 0.1) is 13.8 Å². The Kier molecular flexibility index (Phi) is 4.20. The number of aromatic nitrogens is 2. The molecule has 24 heavy (non-hydrogen) atoms. The number of carbonyl (C=O) groups excluding carboxylic acids is 1. The smallest absolute Gasteiger partial charge is 0.258 e. The Morgan fingerprint density at radius 2 is 2.08 bits per heavy atom. The van der Waals surface area contributed by atoms with Crippen LogP contribution in [0.1, 0.15) is 40.3 Å². The average molecular weight is 325 g/mol. The third-order valence-electron chi connectivity index (χ3n) is 3.93. The summed E-state index contributed by atoms with van der Waals surface area (Å²) in [5, 5.41) is 7.56. The maximum Gasteiger partial charge on any atom is 0.258 e. The van der Waals surface area contributed by atoms with E-state index in [9.17, 15) is 4.79 Å². The Hall–Kier alpha value is -2.89. The molecular weight excluding hydrogens is 306 g/mol. The van der Waals surface area contributed by atoms with E-state index in [4.69, 9.17) is 9.26 Å². The first-order valence-corrected chi connectivity index (χ1v) is 7.68. The Balaban J connectivity index is 1.91. The second kappa shape index (κ2) is 6.31. The van der Waals surface area contributed by atoms with E-state index in [1.807, 2.05) is 38.1 Å². The number of nitrogens with zero attached hydrogens (tertiary/aromatic N) is 2. The fourth-order valence-electron chi connectivity index (χ4n) is 2.67. The molecule has 3 rings (SSSR count). The molecule has 6 nitrogen and oxygen atoms in total. The first-order valence-electron chi connectivity index (χ1n) is 7.68. The summed E-state index contributed by atoms with van der Waals surface area (Å²) in [6.45, 7) is 5.54. The van der Waals surface area contributed by atoms with Crippen LogP contribution in [-0.2, 0) is 0 Å². The Morgan fingerprint density at radius 3 is 2.83 bits per heavy atom. The van der Waals surface area contributed by atoms with Gasteiger partial charge in [0.2, 0.25) is 0 Å². The molecule has 6 heteroatoms. The van der Waals surface area contributed by atoms with Crippen LogP contribution in [-0.4, -0.2) is 23.2 Å². The molecule has 0 radical (unpaired) electrons. The lowest BCUT2D eigenvalue weighted by molar-refractivity contribution is 0.0941. The van der Waals surface area contributed by atoms with Crippen LogP contribution in [0.25, 0.3) is 11.1 Å². The number of aryl methyl sites for hydroxylation is 2. The van der Waals surface area contributed by atoms with Gasteiger partial charge in [0.15, 0.2) is 0 Å². The summed E-state index contributed by atoms with van der Waals surface area (Å²) in [4.78, 5) is 17.0. The Labute approximate surface area is 139 Å². The van der Waals surface area contributed by atoms with Crippen molar-refractivity contribution in [2.45, 2.75) is 26.8 Å². The lowest BCUT2D eigenvalue weighted by atomic mass is 10.1. The van der Waals surface area contributed by atoms with Crippen molar-refractivity contribution in [3.05, 3.63) is 52.8 Å². The Morgan fingerprint density at radius 1 is 1.29 bits per heavy atom. The Bertz CT molecular complexity index is 902. The normalized spacial score (nSPS) is 12.2. The number of fused-ring (bicyclic) bond motifs is 1. The highest BCUT2D eigenvalue weighted by molar-refractivity contribution is 6.06. The van der Waals surface area contributed by atoms with Crippen LogP contribution in [0.15, 0.2) is 34.9 Å². The van der Waals surface area contributed by atoms with E-state index in [-0.39, 0.29) is 11.9 Å². The molecule has 1 atom stereocenters. The number of benzene rings is 1. The second-order valence-electron chi connectivity index (χ2n) is 5.73. The lowest BCUT2D eigenvalue weighted by Gasteiger charge is -2.15. The van der Waals surface area contributed by atoms with E-state index in [1.54, 1.807) is 20.1 Å². The van der Waals surface area contributed by atoms with Crippen molar-refractivity contribution in [2.75, 3.05) is 7.11 Å². The van der Waals surface area contributed by atoms with Gasteiger partial charge in [-0.15, -0.1) is 0 Å². The molecule has 124 valence electrons. The maximum absolute atomic E-state index is 12.8. The summed E-state index contributed by atoms with van der Waals surface area (Å²) in [5.41, 5.74) is 3.22. The van der Waals surface area contributed by atoms with Gasteiger partial charge in [0.1, 0.15) is 5.75 Å². The number of hydrogen-bond donors (Lipinski definition) is 1. The molecule has 1 N–H and O–H groups in total. The zero-order valence-electron chi connectivity index (χ0n) is 14.1. The van der Waals surface area contributed by atoms with Crippen molar-refractivity contribution in [1.82, 2.24) is 15.5 Å². The first-order chi connectivity index (χ1) is 11.5. The van der Waals surface area contributed by atoms with Crippen molar-refractivity contribution in [1.29, 1.82) is 0 Å². The minimum Gasteiger partial charge on any atom is -0.497 e. The molecule has 3 aromatic rings. The highest BCUT2D eigenvalue weighted by Crippen LogP contribution is 2.23. The van der Waals surface area contributed by atoms with Crippen LogP contribution >= 0.6 is 0 Å². The molecule has 0 saturated heterocycles. The molecule has 0 bridgehead atoms. The molecule has 0 aliphatic rings. The zero-order chi connectivity index (χ0) is 17.3. The number of amides is 1. The third-order valence-corrected chi connectivity index (χ3v) is 3.93. The van der Waals surface area contributed by atoms with E-state index >= 15 is 0 Å². The predicted octanol–water partition coefficient (Wildman–Crippen LogP) is 3.34. The number of rotatable bonds is 4. The van der Waals surface area contributed by atoms with Gasteiger partial charge in [-0.25, -0.2) is 4.98 Å². The summed E-state index contributed by atoms with van der Waals surface area (Å²) in [7, 11) is 1.62. The highest BCUT2D eigenvalue weighted by atomic mass is 16.5. The van der Waals surface area contributed by atoms with Crippen molar-refractivity contribution in [3.8, 4) is 5.75 Å². The maximum atomic E-state index is 12.8. The van der Waals surface area contributed by atoms with Gasteiger partial charge in [-0.05, 0) is 44.5 Å². The van der Waals surface area contributed by atoms with Crippen molar-refractivity contribution >= 4 is 17.0 Å². The van der Waals surface area contributed by atoms with Crippen LogP contribution in [0.4, 0.5) is 0 Å². The minimum atomic E-state index is -0.188. The summed E-state index contributed by atoms with van der Waals surface area (Å²) >= 11 is 0. The van der Waals surface area contributed by atoms with E-state index < -0.39 is 0 Å². The van der Waals surface area contributed by atoms with Crippen LogP contribution in [0.2, 0.25) is 0 Å². The quantitative estimate of drug-likeness (QED) is 0.796. The summed E-state index contributed by atoms with van der Waals surface area (Å²) < 4.78 is 10.4. The number of hydrogen-bond acceptors (Lipinski definition) is 5. The van der Waals surface area contributed by atoms with Gasteiger partial charge in [-0.1, -0.05) is 17.3 Å². The third kappa shape index (κ3) is 2.95. The number of pyridine rings is 1. The van der Waals surface area contributed by atoms with Crippen LogP contribution in [0.5, 0.6) is 5.75 Å². The molecule has 2 heterocycles. The van der Waals surface area contributed by atoms with E-state index in [2.05, 4.69) is 15.5 Å². The molecule has 0 aliphatic heterocycles. The minimum absolute atomic E-state index is 0.170. The van der Waals surface area contributed by atoms with Crippen LogP contribution < -0.4 is 10.1 Å². The van der Waals surface area contributed by atoms with Gasteiger partial charge in [-0.3, -0.25) is 4.79 Å². The van der Waals surface area contributed by atoms with Crippen molar-refractivity contribution < 1.29 is 14.1 Å². The van der Waals surface area contributed by atoms with Gasteiger partial charge < -0.3 is 14.6 Å². The molecule has 2 aromatic heterocycles. The van der Waals surface area contributed by atoms with E-state index in [0.717, 1.165) is 11.3 Å².